The molecule has 8 heteroatoms. The lowest BCUT2D eigenvalue weighted by atomic mass is 9.97. The quantitative estimate of drug-likeness (QED) is 0.643. The zero-order valence-electron chi connectivity index (χ0n) is 17.8. The van der Waals surface area contributed by atoms with Crippen molar-refractivity contribution in [3.8, 4) is 11.4 Å². The average molecular weight is 436 g/mol. The Labute approximate surface area is 185 Å². The van der Waals surface area contributed by atoms with Crippen LogP contribution >= 0.6 is 0 Å². The van der Waals surface area contributed by atoms with E-state index in [0.29, 0.717) is 24.6 Å². The molecule has 1 aliphatic heterocycles. The second kappa shape index (κ2) is 9.64. The van der Waals surface area contributed by atoms with Crippen LogP contribution in [-0.2, 0) is 11.3 Å². The predicted octanol–water partition coefficient (Wildman–Crippen LogP) is 2.91. The van der Waals surface area contributed by atoms with Gasteiger partial charge in [-0.2, -0.15) is 4.68 Å². The van der Waals surface area contributed by atoms with Gasteiger partial charge >= 0.3 is 0 Å². The topological polar surface area (TPSA) is 76.5 Å². The molecule has 0 bridgehead atoms. The summed E-state index contributed by atoms with van der Waals surface area (Å²) in [6, 6.07) is 16.4. The van der Waals surface area contributed by atoms with Crippen molar-refractivity contribution in [3.63, 3.8) is 0 Å². The highest BCUT2D eigenvalue weighted by Gasteiger charge is 2.26. The van der Waals surface area contributed by atoms with Gasteiger partial charge in [0.05, 0.1) is 18.7 Å². The zero-order chi connectivity index (χ0) is 22.5. The summed E-state index contributed by atoms with van der Waals surface area (Å²) >= 11 is 0. The van der Waals surface area contributed by atoms with Gasteiger partial charge in [-0.25, -0.2) is 4.39 Å². The molecule has 1 N–H and O–H groups in total. The lowest BCUT2D eigenvalue weighted by molar-refractivity contribution is -0.125. The first-order valence-electron chi connectivity index (χ1n) is 10.6. The van der Waals surface area contributed by atoms with Crippen LogP contribution in [0.4, 0.5) is 10.2 Å². The molecule has 4 rings (SSSR count). The minimum absolute atomic E-state index is 0.0102. The number of hydrogen-bond donors (Lipinski definition) is 1. The van der Waals surface area contributed by atoms with Gasteiger partial charge in [0, 0.05) is 25.7 Å². The standard InChI is InChI=1S/C24H25FN4O3/c1-32-21-9-7-17(8-10-21)15-26-24(31)18-4-3-13-28(16-18)22-11-12-23(30)29(27-22)20-6-2-5-19(25)14-20/h2,5-12,14,18H,3-4,13,15-16H2,1H3,(H,26,31)/t18-/m1/s1. The van der Waals surface area contributed by atoms with Crippen molar-refractivity contribution >= 4 is 11.7 Å². The van der Waals surface area contributed by atoms with Crippen molar-refractivity contribution < 1.29 is 13.9 Å². The number of ether oxygens (including phenoxy) is 1. The summed E-state index contributed by atoms with van der Waals surface area (Å²) in [5.41, 5.74) is 1.02. The van der Waals surface area contributed by atoms with Crippen LogP contribution in [0.2, 0.25) is 0 Å². The van der Waals surface area contributed by atoms with E-state index in [4.69, 9.17) is 4.74 Å². The maximum atomic E-state index is 13.6. The molecule has 7 nitrogen and oxygen atoms in total. The third-order valence-corrected chi connectivity index (χ3v) is 5.58. The van der Waals surface area contributed by atoms with Crippen molar-refractivity contribution in [2.75, 3.05) is 25.1 Å². The predicted molar refractivity (Wildman–Crippen MR) is 120 cm³/mol. The van der Waals surface area contributed by atoms with Crippen molar-refractivity contribution in [3.05, 3.63) is 82.4 Å². The van der Waals surface area contributed by atoms with E-state index in [-0.39, 0.29) is 17.4 Å². The molecule has 3 aromatic rings. The normalized spacial score (nSPS) is 15.9. The second-order valence-corrected chi connectivity index (χ2v) is 7.77. The van der Waals surface area contributed by atoms with E-state index in [1.165, 1.54) is 28.9 Å². The summed E-state index contributed by atoms with van der Waals surface area (Å²) in [7, 11) is 1.62. The highest BCUT2D eigenvalue weighted by molar-refractivity contribution is 5.79. The molecule has 1 amide bonds. The van der Waals surface area contributed by atoms with Crippen LogP contribution in [0.25, 0.3) is 5.69 Å². The fourth-order valence-electron chi connectivity index (χ4n) is 3.84. The summed E-state index contributed by atoms with van der Waals surface area (Å²) in [5, 5.41) is 7.44. The smallest absolute Gasteiger partial charge is 0.271 e. The molecule has 0 aliphatic carbocycles. The number of methoxy groups -OCH3 is 1. The van der Waals surface area contributed by atoms with Crippen LogP contribution in [0, 0.1) is 11.7 Å². The fraction of sp³-hybridized carbons (Fsp3) is 0.292. The van der Waals surface area contributed by atoms with Crippen molar-refractivity contribution in [1.29, 1.82) is 0 Å². The van der Waals surface area contributed by atoms with E-state index in [9.17, 15) is 14.0 Å². The van der Waals surface area contributed by atoms with Crippen molar-refractivity contribution in [2.24, 2.45) is 5.92 Å². The molecule has 32 heavy (non-hydrogen) atoms. The third-order valence-electron chi connectivity index (χ3n) is 5.58. The molecule has 166 valence electrons. The van der Waals surface area contributed by atoms with Crippen molar-refractivity contribution in [2.45, 2.75) is 19.4 Å². The molecule has 0 unspecified atom stereocenters. The molecule has 0 spiro atoms. The Balaban J connectivity index is 1.43. The summed E-state index contributed by atoms with van der Waals surface area (Å²) < 4.78 is 19.9. The molecular weight excluding hydrogens is 411 g/mol. The number of hydrogen-bond acceptors (Lipinski definition) is 5. The van der Waals surface area contributed by atoms with Crippen LogP contribution in [0.5, 0.6) is 5.75 Å². The Kier molecular flexibility index (Phi) is 6.49. The Morgan fingerprint density at radius 1 is 1.19 bits per heavy atom. The number of nitrogens with zero attached hydrogens (tertiary/aromatic N) is 3. The monoisotopic (exact) mass is 436 g/mol. The number of aromatic nitrogens is 2. The number of piperidine rings is 1. The minimum atomic E-state index is -0.437. The van der Waals surface area contributed by atoms with Crippen LogP contribution in [-0.4, -0.2) is 35.9 Å². The zero-order valence-corrected chi connectivity index (χ0v) is 17.8. The van der Waals surface area contributed by atoms with E-state index in [0.717, 1.165) is 30.7 Å². The van der Waals surface area contributed by atoms with Gasteiger partial charge in [0.25, 0.3) is 5.56 Å². The number of carbonyl (C=O) groups excluding carboxylic acids is 1. The molecule has 0 radical (unpaired) electrons. The second-order valence-electron chi connectivity index (χ2n) is 7.77. The van der Waals surface area contributed by atoms with Gasteiger partial charge in [-0.3, -0.25) is 9.59 Å². The first-order chi connectivity index (χ1) is 15.5. The molecule has 1 aromatic heterocycles. The molecule has 0 saturated carbocycles. The number of rotatable bonds is 6. The summed E-state index contributed by atoms with van der Waals surface area (Å²) in [6.45, 7) is 1.68. The SMILES string of the molecule is COc1ccc(CNC(=O)[C@@H]2CCCN(c3ccc(=O)n(-c4cccc(F)c4)n3)C2)cc1. The molecule has 1 atom stereocenters. The highest BCUT2D eigenvalue weighted by Crippen LogP contribution is 2.22. The first kappa shape index (κ1) is 21.5. The Hall–Kier alpha value is -3.68. The van der Waals surface area contributed by atoms with Crippen LogP contribution in [0.1, 0.15) is 18.4 Å². The van der Waals surface area contributed by atoms with E-state index < -0.39 is 5.82 Å². The molecule has 2 heterocycles. The van der Waals surface area contributed by atoms with E-state index in [1.54, 1.807) is 19.2 Å². The van der Waals surface area contributed by atoms with E-state index in [2.05, 4.69) is 10.4 Å². The van der Waals surface area contributed by atoms with Gasteiger partial charge in [0.2, 0.25) is 5.91 Å². The molecule has 2 aromatic carbocycles. The van der Waals surface area contributed by atoms with Crippen LogP contribution in [0.15, 0.2) is 65.5 Å². The number of benzene rings is 2. The van der Waals surface area contributed by atoms with Crippen LogP contribution < -0.4 is 20.5 Å². The first-order valence-corrected chi connectivity index (χ1v) is 10.6. The molecule has 1 saturated heterocycles. The summed E-state index contributed by atoms with van der Waals surface area (Å²) in [6.07, 6.45) is 1.62. The Morgan fingerprint density at radius 3 is 2.75 bits per heavy atom. The van der Waals surface area contributed by atoms with Gasteiger partial charge in [-0.15, -0.1) is 5.10 Å². The number of anilines is 1. The maximum absolute atomic E-state index is 13.6. The van der Waals surface area contributed by atoms with Crippen molar-refractivity contribution in [1.82, 2.24) is 15.1 Å². The summed E-state index contributed by atoms with van der Waals surface area (Å²) in [5.74, 6) is 0.729. The van der Waals surface area contributed by atoms with Gasteiger partial charge in [-0.1, -0.05) is 18.2 Å². The summed E-state index contributed by atoms with van der Waals surface area (Å²) in [4.78, 5) is 27.1. The van der Waals surface area contributed by atoms with Gasteiger partial charge in [-0.05, 0) is 54.8 Å². The Bertz CT molecular complexity index is 1150. The molecule has 1 fully saturated rings. The van der Waals surface area contributed by atoms with E-state index in [1.807, 2.05) is 29.2 Å². The third kappa shape index (κ3) is 4.96. The number of halogens is 1. The van der Waals surface area contributed by atoms with E-state index >= 15 is 0 Å². The van der Waals surface area contributed by atoms with Gasteiger partial charge < -0.3 is 15.0 Å². The minimum Gasteiger partial charge on any atom is -0.497 e. The highest BCUT2D eigenvalue weighted by atomic mass is 19.1. The molecule has 1 aliphatic rings. The number of nitrogens with one attached hydrogen (secondary N) is 1. The molecular formula is C24H25FN4O3. The van der Waals surface area contributed by atoms with Gasteiger partial charge in [0.1, 0.15) is 17.4 Å². The lowest BCUT2D eigenvalue weighted by Crippen LogP contribution is -2.43. The van der Waals surface area contributed by atoms with Crippen LogP contribution in [0.3, 0.4) is 0 Å². The average Bonchev–Trinajstić information content (AvgIpc) is 2.83. The fourth-order valence-corrected chi connectivity index (χ4v) is 3.84. The Morgan fingerprint density at radius 2 is 2.00 bits per heavy atom. The maximum Gasteiger partial charge on any atom is 0.271 e. The number of carbonyl (C=O) groups is 1. The largest absolute Gasteiger partial charge is 0.497 e. The number of amides is 1. The van der Waals surface area contributed by atoms with Gasteiger partial charge in [0.15, 0.2) is 0 Å². The lowest BCUT2D eigenvalue weighted by Gasteiger charge is -2.33.